The molecule has 0 unspecified atom stereocenters. The van der Waals surface area contributed by atoms with Crippen LogP contribution in [0.2, 0.25) is 0 Å². The van der Waals surface area contributed by atoms with E-state index in [2.05, 4.69) is 4.98 Å². The van der Waals surface area contributed by atoms with Gasteiger partial charge in [0.1, 0.15) is 9.79 Å². The average molecular weight is 316 g/mol. The number of pyridine rings is 1. The molecule has 2 aromatic rings. The molecule has 0 spiro atoms. The molecule has 1 N–H and O–H groups in total. The first-order valence-corrected chi connectivity index (χ1v) is 8.14. The number of anilines is 1. The Morgan fingerprint density at radius 2 is 1.70 bits per heavy atom. The zero-order chi connectivity index (χ0) is 14.8. The van der Waals surface area contributed by atoms with Gasteiger partial charge in [0.25, 0.3) is 10.0 Å². The maximum Gasteiger partial charge on any atom is 0.334 e. The second-order valence-electron chi connectivity index (χ2n) is 3.73. The van der Waals surface area contributed by atoms with Gasteiger partial charge in [0, 0.05) is 12.4 Å². The van der Waals surface area contributed by atoms with Crippen LogP contribution >= 0.6 is 0 Å². The van der Waals surface area contributed by atoms with Crippen molar-refractivity contribution in [1.82, 2.24) is 4.98 Å². The summed E-state index contributed by atoms with van der Waals surface area (Å²) in [6.07, 6.45) is 2.48. The van der Waals surface area contributed by atoms with Crippen molar-refractivity contribution in [2.75, 3.05) is 4.72 Å². The molecule has 0 atom stereocenters. The molecule has 0 radical (unpaired) electrons. The molecule has 0 aliphatic heterocycles. The van der Waals surface area contributed by atoms with Gasteiger partial charge in [-0.05, 0) is 24.3 Å². The lowest BCUT2D eigenvalue weighted by Crippen LogP contribution is -2.14. The quantitative estimate of drug-likeness (QED) is 0.864. The van der Waals surface area contributed by atoms with Crippen LogP contribution in [0.5, 0.6) is 0 Å². The highest BCUT2D eigenvalue weighted by atomic mass is 32.3. The van der Waals surface area contributed by atoms with Gasteiger partial charge < -0.3 is 0 Å². The Morgan fingerprint density at radius 1 is 1.00 bits per heavy atom. The first-order valence-electron chi connectivity index (χ1n) is 5.27. The van der Waals surface area contributed by atoms with Crippen LogP contribution in [0, 0.1) is 0 Å². The van der Waals surface area contributed by atoms with E-state index in [9.17, 15) is 20.7 Å². The van der Waals surface area contributed by atoms with Gasteiger partial charge in [-0.2, -0.15) is 8.42 Å². The average Bonchev–Trinajstić information content (AvgIpc) is 2.39. The number of para-hydroxylation sites is 1. The SMILES string of the molecule is O=S(=O)(F)c1ccccc1NS(=O)(=O)c1cccnc1. The monoisotopic (exact) mass is 316 g/mol. The number of hydrogen-bond acceptors (Lipinski definition) is 5. The molecule has 1 aromatic carbocycles. The Kier molecular flexibility index (Phi) is 3.73. The number of halogens is 1. The summed E-state index contributed by atoms with van der Waals surface area (Å²) in [6.45, 7) is 0. The summed E-state index contributed by atoms with van der Waals surface area (Å²) in [5.74, 6) is 0. The summed E-state index contributed by atoms with van der Waals surface area (Å²) in [4.78, 5) is 2.75. The minimum atomic E-state index is -5.03. The van der Waals surface area contributed by atoms with Crippen LogP contribution in [0.4, 0.5) is 9.57 Å². The second-order valence-corrected chi connectivity index (χ2v) is 6.73. The Balaban J connectivity index is 2.46. The fourth-order valence-corrected chi connectivity index (χ4v) is 3.20. The molecule has 2 rings (SSSR count). The summed E-state index contributed by atoms with van der Waals surface area (Å²) < 4.78 is 61.1. The molecule has 6 nitrogen and oxygen atoms in total. The largest absolute Gasteiger partial charge is 0.334 e. The van der Waals surface area contributed by atoms with Crippen LogP contribution in [-0.2, 0) is 20.2 Å². The minimum absolute atomic E-state index is 0.161. The van der Waals surface area contributed by atoms with E-state index in [4.69, 9.17) is 0 Å². The molecule has 0 fully saturated rings. The van der Waals surface area contributed by atoms with Crippen molar-refractivity contribution in [1.29, 1.82) is 0 Å². The van der Waals surface area contributed by atoms with E-state index in [0.29, 0.717) is 0 Å². The second kappa shape index (κ2) is 5.17. The fraction of sp³-hybridized carbons (Fsp3) is 0. The van der Waals surface area contributed by atoms with Gasteiger partial charge in [0.15, 0.2) is 0 Å². The van der Waals surface area contributed by atoms with Crippen molar-refractivity contribution in [2.45, 2.75) is 9.79 Å². The molecule has 106 valence electrons. The van der Waals surface area contributed by atoms with Gasteiger partial charge in [-0.1, -0.05) is 12.1 Å². The van der Waals surface area contributed by atoms with Crippen LogP contribution in [0.25, 0.3) is 0 Å². The lowest BCUT2D eigenvalue weighted by atomic mass is 10.3. The molecule has 0 saturated heterocycles. The highest BCUT2D eigenvalue weighted by Crippen LogP contribution is 2.25. The number of hydrogen-bond donors (Lipinski definition) is 1. The minimum Gasteiger partial charge on any atom is -0.278 e. The number of sulfonamides is 1. The van der Waals surface area contributed by atoms with E-state index in [1.165, 1.54) is 30.5 Å². The van der Waals surface area contributed by atoms with E-state index >= 15 is 0 Å². The van der Waals surface area contributed by atoms with E-state index < -0.39 is 25.1 Å². The first kappa shape index (κ1) is 14.4. The van der Waals surface area contributed by atoms with E-state index in [1.807, 2.05) is 4.72 Å². The van der Waals surface area contributed by atoms with Gasteiger partial charge in [-0.3, -0.25) is 9.71 Å². The van der Waals surface area contributed by atoms with Crippen molar-refractivity contribution in [3.63, 3.8) is 0 Å². The third-order valence-corrected chi connectivity index (χ3v) is 4.57. The summed E-state index contributed by atoms with van der Waals surface area (Å²) in [7, 11) is -9.07. The van der Waals surface area contributed by atoms with Crippen LogP contribution in [0.1, 0.15) is 0 Å². The summed E-state index contributed by atoms with van der Waals surface area (Å²) in [5.41, 5.74) is -0.362. The standard InChI is InChI=1S/C11H9FN2O4S2/c12-19(15,16)11-6-2-1-5-10(11)14-20(17,18)9-4-3-7-13-8-9/h1-8,14H. The van der Waals surface area contributed by atoms with Crippen LogP contribution in [-0.4, -0.2) is 21.8 Å². The molecule has 0 saturated carbocycles. The number of benzene rings is 1. The normalized spacial score (nSPS) is 12.1. The fourth-order valence-electron chi connectivity index (χ4n) is 1.47. The third-order valence-electron chi connectivity index (χ3n) is 2.34. The lowest BCUT2D eigenvalue weighted by molar-refractivity contribution is 0.552. The number of aromatic nitrogens is 1. The molecule has 1 aromatic heterocycles. The maximum absolute atomic E-state index is 13.1. The van der Waals surface area contributed by atoms with Gasteiger partial charge in [0.2, 0.25) is 0 Å². The van der Waals surface area contributed by atoms with Gasteiger partial charge in [-0.25, -0.2) is 8.42 Å². The number of nitrogens with zero attached hydrogens (tertiary/aromatic N) is 1. The van der Waals surface area contributed by atoms with E-state index in [1.54, 1.807) is 0 Å². The lowest BCUT2D eigenvalue weighted by Gasteiger charge is -2.09. The predicted molar refractivity (Wildman–Crippen MR) is 69.8 cm³/mol. The van der Waals surface area contributed by atoms with Gasteiger partial charge in [0.05, 0.1) is 5.69 Å². The Morgan fingerprint density at radius 3 is 2.30 bits per heavy atom. The highest BCUT2D eigenvalue weighted by molar-refractivity contribution is 7.93. The molecule has 0 amide bonds. The molecular weight excluding hydrogens is 307 g/mol. The summed E-state index contributed by atoms with van der Waals surface area (Å²) >= 11 is 0. The smallest absolute Gasteiger partial charge is 0.278 e. The van der Waals surface area contributed by atoms with Crippen molar-refractivity contribution in [3.05, 3.63) is 48.8 Å². The van der Waals surface area contributed by atoms with Crippen molar-refractivity contribution in [2.24, 2.45) is 0 Å². The van der Waals surface area contributed by atoms with Gasteiger partial charge in [-0.15, -0.1) is 3.89 Å². The van der Waals surface area contributed by atoms with Crippen molar-refractivity contribution < 1.29 is 20.7 Å². The van der Waals surface area contributed by atoms with E-state index in [0.717, 1.165) is 18.3 Å². The zero-order valence-corrected chi connectivity index (χ0v) is 11.5. The topological polar surface area (TPSA) is 93.2 Å². The number of nitrogens with one attached hydrogen (secondary N) is 1. The van der Waals surface area contributed by atoms with Crippen LogP contribution in [0.15, 0.2) is 58.6 Å². The van der Waals surface area contributed by atoms with Crippen LogP contribution < -0.4 is 4.72 Å². The predicted octanol–water partition coefficient (Wildman–Crippen LogP) is 1.54. The maximum atomic E-state index is 13.1. The molecule has 20 heavy (non-hydrogen) atoms. The summed E-state index contributed by atoms with van der Waals surface area (Å²) in [5, 5.41) is 0. The Hall–Kier alpha value is -2.00. The van der Waals surface area contributed by atoms with Crippen LogP contribution in [0.3, 0.4) is 0 Å². The number of rotatable bonds is 4. The molecule has 0 aliphatic carbocycles. The molecular formula is C11H9FN2O4S2. The Labute approximate surface area is 115 Å². The van der Waals surface area contributed by atoms with Crippen molar-refractivity contribution in [3.8, 4) is 0 Å². The van der Waals surface area contributed by atoms with Gasteiger partial charge >= 0.3 is 10.2 Å². The molecule has 0 aliphatic rings. The first-order chi connectivity index (χ1) is 9.31. The zero-order valence-electron chi connectivity index (χ0n) is 9.89. The molecule has 1 heterocycles. The summed E-state index contributed by atoms with van der Waals surface area (Å²) in [6, 6.07) is 7.48. The Bertz CT molecular complexity index is 821. The highest BCUT2D eigenvalue weighted by Gasteiger charge is 2.21. The molecule has 0 bridgehead atoms. The van der Waals surface area contributed by atoms with Crippen molar-refractivity contribution >= 4 is 25.9 Å². The molecule has 9 heteroatoms. The van der Waals surface area contributed by atoms with E-state index in [-0.39, 0.29) is 10.6 Å². The third kappa shape index (κ3) is 3.11.